The number of carboxylic acid groups (broad SMARTS) is 1. The Morgan fingerprint density at radius 1 is 1.69 bits per heavy atom. The van der Waals surface area contributed by atoms with Gasteiger partial charge >= 0.3 is 5.97 Å². The van der Waals surface area contributed by atoms with E-state index in [0.29, 0.717) is 5.56 Å². The lowest BCUT2D eigenvalue weighted by molar-refractivity contribution is 0.0661. The van der Waals surface area contributed by atoms with Crippen LogP contribution >= 0.6 is 0 Å². The minimum absolute atomic E-state index is 0.0412. The summed E-state index contributed by atoms with van der Waals surface area (Å²) in [6.07, 6.45) is 6.11. The van der Waals surface area contributed by atoms with Crippen LogP contribution in [0.25, 0.3) is 0 Å². The molecule has 1 N–H and O–H groups in total. The van der Waals surface area contributed by atoms with Crippen molar-refractivity contribution < 1.29 is 14.3 Å². The van der Waals surface area contributed by atoms with E-state index in [-0.39, 0.29) is 5.76 Å². The first kappa shape index (κ1) is 9.58. The number of aromatic carboxylic acids is 1. The van der Waals surface area contributed by atoms with Crippen LogP contribution in [0.5, 0.6) is 0 Å². The molecular weight excluding hydrogens is 168 g/mol. The highest BCUT2D eigenvalue weighted by molar-refractivity contribution is 5.86. The highest BCUT2D eigenvalue weighted by Gasteiger charge is 2.14. The van der Waals surface area contributed by atoms with Crippen LogP contribution < -0.4 is 0 Å². The van der Waals surface area contributed by atoms with E-state index in [1.807, 2.05) is 19.1 Å². The van der Waals surface area contributed by atoms with Crippen molar-refractivity contribution in [2.45, 2.75) is 20.3 Å². The fraction of sp³-hybridized carbons (Fsp3) is 0.300. The summed E-state index contributed by atoms with van der Waals surface area (Å²) in [6.45, 7) is 3.68. The minimum atomic E-state index is -1.01. The molecule has 3 heteroatoms. The topological polar surface area (TPSA) is 50.4 Å². The molecule has 1 aromatic heterocycles. The summed E-state index contributed by atoms with van der Waals surface area (Å²) in [5.74, 6) is -0.969. The van der Waals surface area contributed by atoms with Crippen LogP contribution in [0.2, 0.25) is 0 Å². The van der Waals surface area contributed by atoms with Crippen molar-refractivity contribution in [2.75, 3.05) is 0 Å². The number of rotatable bonds is 3. The normalized spacial score (nSPS) is 10.9. The zero-order valence-electron chi connectivity index (χ0n) is 7.70. The fourth-order valence-corrected chi connectivity index (χ4v) is 1.11. The van der Waals surface area contributed by atoms with E-state index in [4.69, 9.17) is 9.52 Å². The molecule has 0 fully saturated rings. The van der Waals surface area contributed by atoms with Crippen molar-refractivity contribution in [3.63, 3.8) is 0 Å². The zero-order chi connectivity index (χ0) is 9.84. The largest absolute Gasteiger partial charge is 0.475 e. The molecule has 0 aliphatic rings. The van der Waals surface area contributed by atoms with Crippen LogP contribution in [-0.4, -0.2) is 11.1 Å². The molecule has 0 aliphatic carbocycles. The summed E-state index contributed by atoms with van der Waals surface area (Å²) in [6, 6.07) is 0. The van der Waals surface area contributed by atoms with E-state index >= 15 is 0 Å². The molecule has 0 spiro atoms. The first-order chi connectivity index (χ1) is 6.16. The second-order valence-corrected chi connectivity index (χ2v) is 2.79. The molecule has 1 rings (SSSR count). The Kier molecular flexibility index (Phi) is 2.90. The maximum absolute atomic E-state index is 10.6. The van der Waals surface area contributed by atoms with Gasteiger partial charge in [0.1, 0.15) is 0 Å². The predicted octanol–water partition coefficient (Wildman–Crippen LogP) is 2.40. The molecule has 0 bridgehead atoms. The average Bonchev–Trinajstić information content (AvgIpc) is 2.43. The standard InChI is InChI=1S/C10H12O3/c1-3-4-5-8-6-13-9(7(8)2)10(11)12/h3-4,6H,5H2,1-2H3,(H,11,12)/b4-3+. The molecule has 70 valence electrons. The van der Waals surface area contributed by atoms with Gasteiger partial charge < -0.3 is 9.52 Å². The van der Waals surface area contributed by atoms with Crippen LogP contribution in [0.4, 0.5) is 0 Å². The third kappa shape index (κ3) is 1.99. The first-order valence-corrected chi connectivity index (χ1v) is 4.08. The molecule has 13 heavy (non-hydrogen) atoms. The summed E-state index contributed by atoms with van der Waals surface area (Å²) < 4.78 is 4.92. The Balaban J connectivity index is 2.92. The van der Waals surface area contributed by atoms with Crippen molar-refractivity contribution in [1.82, 2.24) is 0 Å². The summed E-state index contributed by atoms with van der Waals surface area (Å²) >= 11 is 0. The van der Waals surface area contributed by atoms with Crippen molar-refractivity contribution in [3.05, 3.63) is 35.3 Å². The number of furan rings is 1. The molecule has 1 heterocycles. The number of carbonyl (C=O) groups is 1. The monoisotopic (exact) mass is 180 g/mol. The van der Waals surface area contributed by atoms with E-state index in [1.54, 1.807) is 6.92 Å². The van der Waals surface area contributed by atoms with Crippen LogP contribution in [-0.2, 0) is 6.42 Å². The van der Waals surface area contributed by atoms with Gasteiger partial charge in [-0.2, -0.15) is 0 Å². The fourth-order valence-electron chi connectivity index (χ4n) is 1.11. The quantitative estimate of drug-likeness (QED) is 0.726. The van der Waals surface area contributed by atoms with Crippen LogP contribution in [0.1, 0.15) is 28.6 Å². The van der Waals surface area contributed by atoms with Crippen LogP contribution in [0.3, 0.4) is 0 Å². The van der Waals surface area contributed by atoms with Gasteiger partial charge in [-0.15, -0.1) is 0 Å². The second-order valence-electron chi connectivity index (χ2n) is 2.79. The lowest BCUT2D eigenvalue weighted by Gasteiger charge is -1.92. The Bertz CT molecular complexity index is 334. The average molecular weight is 180 g/mol. The Labute approximate surface area is 76.7 Å². The van der Waals surface area contributed by atoms with Gasteiger partial charge in [-0.1, -0.05) is 12.2 Å². The van der Waals surface area contributed by atoms with Gasteiger partial charge in [0, 0.05) is 5.56 Å². The molecule has 3 nitrogen and oxygen atoms in total. The van der Waals surface area contributed by atoms with Crippen LogP contribution in [0.15, 0.2) is 22.8 Å². The zero-order valence-corrected chi connectivity index (χ0v) is 7.70. The number of carboxylic acids is 1. The van der Waals surface area contributed by atoms with E-state index in [0.717, 1.165) is 12.0 Å². The maximum Gasteiger partial charge on any atom is 0.372 e. The highest BCUT2D eigenvalue weighted by atomic mass is 16.4. The number of allylic oxidation sites excluding steroid dienone is 2. The molecule has 0 atom stereocenters. The molecule has 0 aliphatic heterocycles. The molecule has 1 aromatic rings. The van der Waals surface area contributed by atoms with Crippen molar-refractivity contribution in [3.8, 4) is 0 Å². The summed E-state index contributed by atoms with van der Waals surface area (Å²) in [5, 5.41) is 8.69. The lowest BCUT2D eigenvalue weighted by Crippen LogP contribution is -1.96. The van der Waals surface area contributed by atoms with Gasteiger partial charge in [-0.25, -0.2) is 4.79 Å². The van der Waals surface area contributed by atoms with Gasteiger partial charge in [-0.3, -0.25) is 0 Å². The van der Waals surface area contributed by atoms with E-state index in [2.05, 4.69) is 0 Å². The van der Waals surface area contributed by atoms with Gasteiger partial charge in [0.15, 0.2) is 0 Å². The molecule has 0 amide bonds. The van der Waals surface area contributed by atoms with E-state index in [9.17, 15) is 4.79 Å². The summed E-state index contributed by atoms with van der Waals surface area (Å²) in [7, 11) is 0. The maximum atomic E-state index is 10.6. The number of hydrogen-bond acceptors (Lipinski definition) is 2. The van der Waals surface area contributed by atoms with Crippen LogP contribution in [0, 0.1) is 6.92 Å². The van der Waals surface area contributed by atoms with Crippen molar-refractivity contribution >= 4 is 5.97 Å². The molecule has 0 radical (unpaired) electrons. The van der Waals surface area contributed by atoms with Gasteiger partial charge in [-0.05, 0) is 25.8 Å². The third-order valence-electron chi connectivity index (χ3n) is 1.91. The molecule has 0 saturated carbocycles. The SMILES string of the molecule is C/C=C/Cc1coc(C(=O)O)c1C. The summed E-state index contributed by atoms with van der Waals surface area (Å²) in [4.78, 5) is 10.6. The lowest BCUT2D eigenvalue weighted by atomic mass is 10.1. The van der Waals surface area contributed by atoms with E-state index in [1.165, 1.54) is 6.26 Å². The van der Waals surface area contributed by atoms with Gasteiger partial charge in [0.05, 0.1) is 6.26 Å². The number of hydrogen-bond donors (Lipinski definition) is 1. The van der Waals surface area contributed by atoms with Gasteiger partial charge in [0.25, 0.3) is 0 Å². The highest BCUT2D eigenvalue weighted by Crippen LogP contribution is 2.16. The molecule has 0 aromatic carbocycles. The Morgan fingerprint density at radius 3 is 2.85 bits per heavy atom. The van der Waals surface area contributed by atoms with Crippen molar-refractivity contribution in [1.29, 1.82) is 0 Å². The first-order valence-electron chi connectivity index (χ1n) is 4.08. The summed E-state index contributed by atoms with van der Waals surface area (Å²) in [5.41, 5.74) is 1.64. The third-order valence-corrected chi connectivity index (χ3v) is 1.91. The molecule has 0 saturated heterocycles. The smallest absolute Gasteiger partial charge is 0.372 e. The van der Waals surface area contributed by atoms with Gasteiger partial charge in [0.2, 0.25) is 5.76 Å². The Morgan fingerprint density at radius 2 is 2.38 bits per heavy atom. The van der Waals surface area contributed by atoms with E-state index < -0.39 is 5.97 Å². The minimum Gasteiger partial charge on any atom is -0.475 e. The molecule has 0 unspecified atom stereocenters. The molecular formula is C10H12O3. The Hall–Kier alpha value is -1.51. The van der Waals surface area contributed by atoms with Crippen molar-refractivity contribution in [2.24, 2.45) is 0 Å². The predicted molar refractivity (Wildman–Crippen MR) is 48.9 cm³/mol. The second kappa shape index (κ2) is 3.94.